The molecule has 0 radical (unpaired) electrons. The van der Waals surface area contributed by atoms with Crippen molar-refractivity contribution in [2.75, 3.05) is 39.3 Å². The van der Waals surface area contributed by atoms with Crippen LogP contribution in [0.5, 0.6) is 0 Å². The number of amidine groups is 1. The van der Waals surface area contributed by atoms with Crippen LogP contribution in [0.4, 0.5) is 0 Å². The summed E-state index contributed by atoms with van der Waals surface area (Å²) >= 11 is 0. The minimum Gasteiger partial charge on any atom is -0.301 e. The lowest BCUT2D eigenvalue weighted by atomic mass is 9.94. The van der Waals surface area contributed by atoms with Gasteiger partial charge < -0.3 is 4.90 Å². The molecule has 2 heterocycles. The van der Waals surface area contributed by atoms with Gasteiger partial charge in [0.1, 0.15) is 10.7 Å². The Kier molecular flexibility index (Phi) is 6.91. The van der Waals surface area contributed by atoms with Crippen LogP contribution in [0.3, 0.4) is 0 Å². The van der Waals surface area contributed by atoms with Crippen LogP contribution in [0.25, 0.3) is 4.91 Å². The molecule has 0 amide bonds. The second-order valence-corrected chi connectivity index (χ2v) is 10.3. The van der Waals surface area contributed by atoms with Gasteiger partial charge in [-0.25, -0.2) is 8.42 Å². The molecule has 2 fully saturated rings. The molecule has 1 aromatic rings. The van der Waals surface area contributed by atoms with E-state index >= 15 is 0 Å². The van der Waals surface area contributed by atoms with Gasteiger partial charge in [-0.15, -0.1) is 0 Å². The van der Waals surface area contributed by atoms with Crippen LogP contribution in [0.15, 0.2) is 40.9 Å². The molecule has 2 aliphatic heterocycles. The summed E-state index contributed by atoms with van der Waals surface area (Å²) in [5.41, 5.74) is 1.42. The van der Waals surface area contributed by atoms with Gasteiger partial charge in [0.05, 0.1) is 0 Å². The number of piperazine rings is 1. The van der Waals surface area contributed by atoms with E-state index in [2.05, 4.69) is 19.5 Å². The Hall–Kier alpha value is -1.70. The smallest absolute Gasteiger partial charge is 0.264 e. The highest BCUT2D eigenvalue weighted by molar-refractivity contribution is 8.00. The van der Waals surface area contributed by atoms with Gasteiger partial charge in [0, 0.05) is 44.3 Å². The van der Waals surface area contributed by atoms with Gasteiger partial charge >= 0.3 is 0 Å². The Morgan fingerprint density at radius 2 is 1.73 bits per heavy atom. The molecule has 0 bridgehead atoms. The Bertz CT molecular complexity index is 881. The van der Waals surface area contributed by atoms with Crippen molar-refractivity contribution in [1.29, 1.82) is 0 Å². The largest absolute Gasteiger partial charge is 0.301 e. The van der Waals surface area contributed by atoms with Crippen LogP contribution in [0, 0.1) is 0 Å². The van der Waals surface area contributed by atoms with E-state index in [1.807, 2.05) is 37.3 Å². The third-order valence-electron chi connectivity index (χ3n) is 6.63. The predicted octanol–water partition coefficient (Wildman–Crippen LogP) is 3.09. The first-order chi connectivity index (χ1) is 14.5. The molecule has 164 valence electrons. The number of aliphatic imine (C=N–C) groups is 1. The standard InChI is InChI=1S/C23H34N4O2S/c1-19-22(20-9-4-2-5-10-20)30(28,29)25-23(19)24-13-8-14-26-15-17-27(18-16-26)21-11-6-3-7-12-21/h2,4-5,9-10,21H,3,6-8,11-18H2,1H3,(H,24,25). The lowest BCUT2D eigenvalue weighted by Crippen LogP contribution is -2.50. The molecule has 1 N–H and O–H groups in total. The molecule has 0 aromatic heterocycles. The molecule has 3 aliphatic rings. The number of hydrogen-bond donors (Lipinski definition) is 1. The topological polar surface area (TPSA) is 65.0 Å². The molecule has 0 spiro atoms. The van der Waals surface area contributed by atoms with E-state index in [0.29, 0.717) is 28.4 Å². The molecule has 30 heavy (non-hydrogen) atoms. The third kappa shape index (κ3) is 4.95. The normalized spacial score (nSPS) is 25.0. The molecule has 1 aromatic carbocycles. The third-order valence-corrected chi connectivity index (χ3v) is 8.17. The van der Waals surface area contributed by atoms with Crippen molar-refractivity contribution in [2.45, 2.75) is 51.5 Å². The summed E-state index contributed by atoms with van der Waals surface area (Å²) in [5, 5.41) is 0. The lowest BCUT2D eigenvalue weighted by Gasteiger charge is -2.40. The van der Waals surface area contributed by atoms with Crippen molar-refractivity contribution in [3.05, 3.63) is 41.5 Å². The summed E-state index contributed by atoms with van der Waals surface area (Å²) in [6.45, 7) is 8.13. The summed E-state index contributed by atoms with van der Waals surface area (Å²) in [5.74, 6) is 0.496. The van der Waals surface area contributed by atoms with Gasteiger partial charge in [-0.3, -0.25) is 14.6 Å². The molecule has 4 rings (SSSR count). The highest BCUT2D eigenvalue weighted by atomic mass is 32.2. The van der Waals surface area contributed by atoms with Crippen LogP contribution in [-0.4, -0.2) is 69.4 Å². The summed E-state index contributed by atoms with van der Waals surface area (Å²) in [6, 6.07) is 10.1. The van der Waals surface area contributed by atoms with Gasteiger partial charge in [-0.1, -0.05) is 49.6 Å². The van der Waals surface area contributed by atoms with E-state index in [1.54, 1.807) is 0 Å². The van der Waals surface area contributed by atoms with Crippen molar-refractivity contribution in [3.63, 3.8) is 0 Å². The highest BCUT2D eigenvalue weighted by Gasteiger charge is 2.32. The fourth-order valence-corrected chi connectivity index (χ4v) is 6.48. The summed E-state index contributed by atoms with van der Waals surface area (Å²) in [6.07, 6.45) is 7.92. The van der Waals surface area contributed by atoms with Crippen LogP contribution in [-0.2, 0) is 10.0 Å². The molecule has 1 saturated heterocycles. The summed E-state index contributed by atoms with van der Waals surface area (Å²) in [7, 11) is -3.53. The van der Waals surface area contributed by atoms with Crippen molar-refractivity contribution in [3.8, 4) is 0 Å². The summed E-state index contributed by atoms with van der Waals surface area (Å²) < 4.78 is 27.8. The molecule has 1 aliphatic carbocycles. The zero-order valence-corrected chi connectivity index (χ0v) is 18.8. The van der Waals surface area contributed by atoms with E-state index in [4.69, 9.17) is 0 Å². The molecule has 0 atom stereocenters. The maximum atomic E-state index is 12.6. The second kappa shape index (κ2) is 9.62. The second-order valence-electron chi connectivity index (χ2n) is 8.68. The first-order valence-electron chi connectivity index (χ1n) is 11.3. The first kappa shape index (κ1) is 21.5. The average Bonchev–Trinajstić information content (AvgIpc) is 3.00. The zero-order valence-electron chi connectivity index (χ0n) is 18.0. The number of rotatable bonds is 6. The maximum Gasteiger partial charge on any atom is 0.264 e. The Labute approximate surface area is 181 Å². The van der Waals surface area contributed by atoms with Crippen LogP contribution < -0.4 is 4.72 Å². The van der Waals surface area contributed by atoms with Gasteiger partial charge in [0.2, 0.25) is 0 Å². The van der Waals surface area contributed by atoms with E-state index < -0.39 is 10.0 Å². The monoisotopic (exact) mass is 430 g/mol. The number of nitrogens with zero attached hydrogens (tertiary/aromatic N) is 3. The Morgan fingerprint density at radius 3 is 2.43 bits per heavy atom. The van der Waals surface area contributed by atoms with Gasteiger partial charge in [0.15, 0.2) is 0 Å². The van der Waals surface area contributed by atoms with Crippen LogP contribution in [0.2, 0.25) is 0 Å². The van der Waals surface area contributed by atoms with Gasteiger partial charge in [-0.05, 0) is 38.3 Å². The Morgan fingerprint density at radius 1 is 1.03 bits per heavy atom. The number of sulfonamides is 1. The molecule has 6 nitrogen and oxygen atoms in total. The lowest BCUT2D eigenvalue weighted by molar-refractivity contribution is 0.0788. The molecular weight excluding hydrogens is 396 g/mol. The average molecular weight is 431 g/mol. The number of nitrogens with one attached hydrogen (secondary N) is 1. The van der Waals surface area contributed by atoms with E-state index in [-0.39, 0.29) is 0 Å². The van der Waals surface area contributed by atoms with E-state index in [1.165, 1.54) is 45.2 Å². The number of hydrogen-bond acceptors (Lipinski definition) is 5. The highest BCUT2D eigenvalue weighted by Crippen LogP contribution is 2.29. The SMILES string of the molecule is CC1=C(c2ccccc2)S(=O)(=O)NC1=NCCCN1CCN(C2CCCCC2)CC1. The van der Waals surface area contributed by atoms with E-state index in [9.17, 15) is 8.42 Å². The van der Waals surface area contributed by atoms with Crippen molar-refractivity contribution < 1.29 is 8.42 Å². The first-order valence-corrected chi connectivity index (χ1v) is 12.8. The van der Waals surface area contributed by atoms with Crippen LogP contribution in [0.1, 0.15) is 51.0 Å². The van der Waals surface area contributed by atoms with Crippen molar-refractivity contribution >= 4 is 20.8 Å². The number of benzene rings is 1. The Balaban J connectivity index is 1.27. The molecule has 0 unspecified atom stereocenters. The quantitative estimate of drug-likeness (QED) is 0.705. The predicted molar refractivity (Wildman–Crippen MR) is 123 cm³/mol. The minimum atomic E-state index is -3.53. The van der Waals surface area contributed by atoms with Crippen molar-refractivity contribution in [1.82, 2.24) is 14.5 Å². The molecular formula is C23H34N4O2S. The molecule has 7 heteroatoms. The minimum absolute atomic E-state index is 0.348. The van der Waals surface area contributed by atoms with Gasteiger partial charge in [-0.2, -0.15) is 0 Å². The van der Waals surface area contributed by atoms with Crippen molar-refractivity contribution in [2.24, 2.45) is 4.99 Å². The van der Waals surface area contributed by atoms with Crippen LogP contribution >= 0.6 is 0 Å². The fraction of sp³-hybridized carbons (Fsp3) is 0.609. The van der Waals surface area contributed by atoms with E-state index in [0.717, 1.165) is 32.1 Å². The summed E-state index contributed by atoms with van der Waals surface area (Å²) in [4.78, 5) is 10.1. The fourth-order valence-electron chi connectivity index (χ4n) is 4.96. The van der Waals surface area contributed by atoms with Gasteiger partial charge in [0.25, 0.3) is 10.0 Å². The zero-order chi connectivity index (χ0) is 21.0. The maximum absolute atomic E-state index is 12.6. The molecule has 1 saturated carbocycles.